The predicted octanol–water partition coefficient (Wildman–Crippen LogP) is 4.24. The Kier molecular flexibility index (Phi) is 4.68. The van der Waals surface area contributed by atoms with Gasteiger partial charge in [0.2, 0.25) is 0 Å². The fourth-order valence-corrected chi connectivity index (χ4v) is 3.02. The van der Waals surface area contributed by atoms with Crippen molar-refractivity contribution in [2.75, 3.05) is 0 Å². The molecule has 0 fully saturated rings. The Morgan fingerprint density at radius 2 is 1.64 bits per heavy atom. The lowest BCUT2D eigenvalue weighted by Crippen LogP contribution is -2.20. The van der Waals surface area contributed by atoms with Crippen LogP contribution >= 0.6 is 22.6 Å². The first kappa shape index (κ1) is 15.0. The molecule has 0 aliphatic carbocycles. The summed E-state index contributed by atoms with van der Waals surface area (Å²) in [7, 11) is 0. The fourth-order valence-electron chi connectivity index (χ4n) is 2.26. The number of benzene rings is 2. The molecule has 3 rings (SSSR count). The Bertz CT molecular complexity index is 753. The summed E-state index contributed by atoms with van der Waals surface area (Å²) in [5.74, 6) is 0.137. The van der Waals surface area contributed by atoms with Crippen molar-refractivity contribution >= 4 is 28.4 Å². The summed E-state index contributed by atoms with van der Waals surface area (Å²) >= 11 is 2.19. The minimum absolute atomic E-state index is 0.136. The Balaban J connectivity index is 1.71. The largest absolute Gasteiger partial charge is 0.293 e. The van der Waals surface area contributed by atoms with Crippen LogP contribution in [0.2, 0.25) is 0 Å². The van der Waals surface area contributed by atoms with Gasteiger partial charge in [-0.25, -0.2) is 0 Å². The molecule has 0 N–H and O–H groups in total. The van der Waals surface area contributed by atoms with E-state index < -0.39 is 0 Å². The number of carbonyl (C=O) groups is 1. The lowest BCUT2D eigenvalue weighted by Gasteiger charge is -2.09. The van der Waals surface area contributed by atoms with Crippen LogP contribution in [-0.2, 0) is 6.54 Å². The first-order chi connectivity index (χ1) is 10.7. The third-order valence-electron chi connectivity index (χ3n) is 3.40. The van der Waals surface area contributed by atoms with Crippen molar-refractivity contribution in [1.82, 2.24) is 9.78 Å². The minimum Gasteiger partial charge on any atom is -0.293 e. The van der Waals surface area contributed by atoms with E-state index in [4.69, 9.17) is 0 Å². The summed E-state index contributed by atoms with van der Waals surface area (Å²) in [6.45, 7) is 0.571. The molecule has 3 aromatic rings. The molecule has 0 aliphatic rings. The number of nitrogens with zero attached hydrogens (tertiary/aromatic N) is 2. The normalized spacial score (nSPS) is 12.0. The number of rotatable bonds is 5. The van der Waals surface area contributed by atoms with Crippen molar-refractivity contribution in [2.45, 2.75) is 10.5 Å². The van der Waals surface area contributed by atoms with Crippen LogP contribution in [0.3, 0.4) is 0 Å². The summed E-state index contributed by atoms with van der Waals surface area (Å²) in [5.41, 5.74) is 2.76. The standard InChI is InChI=1S/C18H15IN2O/c19-16(18(22)15-9-5-2-6-10-15)13-21-12-11-17(20-21)14-7-3-1-4-8-14/h1-12,16H,13H2. The minimum atomic E-state index is -0.136. The van der Waals surface area contributed by atoms with E-state index in [1.807, 2.05) is 77.6 Å². The first-order valence-electron chi connectivity index (χ1n) is 7.06. The zero-order valence-corrected chi connectivity index (χ0v) is 14.1. The number of aromatic nitrogens is 2. The fraction of sp³-hybridized carbons (Fsp3) is 0.111. The molecule has 0 aliphatic heterocycles. The smallest absolute Gasteiger partial charge is 0.177 e. The van der Waals surface area contributed by atoms with Gasteiger partial charge in [0.1, 0.15) is 0 Å². The van der Waals surface area contributed by atoms with Crippen LogP contribution in [0.15, 0.2) is 72.9 Å². The van der Waals surface area contributed by atoms with Gasteiger partial charge in [-0.1, -0.05) is 83.3 Å². The van der Waals surface area contributed by atoms with Crippen LogP contribution < -0.4 is 0 Å². The molecule has 0 saturated carbocycles. The molecule has 1 unspecified atom stereocenters. The number of halogens is 1. The van der Waals surface area contributed by atoms with Crippen LogP contribution in [0, 0.1) is 0 Å². The topological polar surface area (TPSA) is 34.9 Å². The van der Waals surface area contributed by atoms with Crippen molar-refractivity contribution in [1.29, 1.82) is 0 Å². The van der Waals surface area contributed by atoms with E-state index in [0.717, 1.165) is 16.8 Å². The number of carbonyl (C=O) groups excluding carboxylic acids is 1. The van der Waals surface area contributed by atoms with Gasteiger partial charge in [0.05, 0.1) is 16.2 Å². The molecule has 110 valence electrons. The average molecular weight is 402 g/mol. The van der Waals surface area contributed by atoms with Crippen LogP contribution in [0.25, 0.3) is 11.3 Å². The van der Waals surface area contributed by atoms with E-state index in [9.17, 15) is 4.79 Å². The molecule has 4 heteroatoms. The second kappa shape index (κ2) is 6.87. The SMILES string of the molecule is O=C(c1ccccc1)C(I)Cn1ccc(-c2ccccc2)n1. The van der Waals surface area contributed by atoms with E-state index >= 15 is 0 Å². The highest BCUT2D eigenvalue weighted by Gasteiger charge is 2.17. The van der Waals surface area contributed by atoms with Crippen LogP contribution in [-0.4, -0.2) is 19.5 Å². The lowest BCUT2D eigenvalue weighted by molar-refractivity contribution is 0.0988. The monoisotopic (exact) mass is 402 g/mol. The number of hydrogen-bond donors (Lipinski definition) is 0. The van der Waals surface area contributed by atoms with Crippen LogP contribution in [0.1, 0.15) is 10.4 Å². The Hall–Kier alpha value is -1.95. The van der Waals surface area contributed by atoms with Gasteiger partial charge in [-0.15, -0.1) is 0 Å². The van der Waals surface area contributed by atoms with Crippen molar-refractivity contribution in [3.8, 4) is 11.3 Å². The van der Waals surface area contributed by atoms with Crippen molar-refractivity contribution in [3.63, 3.8) is 0 Å². The molecule has 0 spiro atoms. The molecule has 0 bridgehead atoms. The first-order valence-corrected chi connectivity index (χ1v) is 8.31. The maximum atomic E-state index is 12.4. The summed E-state index contributed by atoms with van der Waals surface area (Å²) in [6.07, 6.45) is 1.92. The van der Waals surface area contributed by atoms with Gasteiger partial charge in [0.25, 0.3) is 0 Å². The molecule has 2 aromatic carbocycles. The van der Waals surface area contributed by atoms with E-state index in [2.05, 4.69) is 27.7 Å². The second-order valence-electron chi connectivity index (χ2n) is 4.99. The number of alkyl halides is 1. The number of hydrogen-bond acceptors (Lipinski definition) is 2. The van der Waals surface area contributed by atoms with Crippen molar-refractivity contribution in [3.05, 3.63) is 78.5 Å². The van der Waals surface area contributed by atoms with E-state index in [-0.39, 0.29) is 9.71 Å². The zero-order chi connectivity index (χ0) is 15.4. The summed E-state index contributed by atoms with van der Waals surface area (Å²) in [6, 6.07) is 21.4. The molecule has 0 radical (unpaired) electrons. The molecule has 1 aromatic heterocycles. The third kappa shape index (κ3) is 3.44. The van der Waals surface area contributed by atoms with Gasteiger partial charge in [-0.2, -0.15) is 5.10 Å². The molecular weight excluding hydrogens is 387 g/mol. The average Bonchev–Trinajstić information content (AvgIpc) is 3.04. The van der Waals surface area contributed by atoms with Crippen LogP contribution in [0.4, 0.5) is 0 Å². The Morgan fingerprint density at radius 1 is 1.00 bits per heavy atom. The van der Waals surface area contributed by atoms with Gasteiger partial charge < -0.3 is 0 Å². The summed E-state index contributed by atoms with van der Waals surface area (Å²) in [4.78, 5) is 12.4. The maximum Gasteiger partial charge on any atom is 0.177 e. The second-order valence-corrected chi connectivity index (χ2v) is 6.49. The molecule has 0 amide bonds. The van der Waals surface area contributed by atoms with Crippen LogP contribution in [0.5, 0.6) is 0 Å². The third-order valence-corrected chi connectivity index (χ3v) is 4.36. The lowest BCUT2D eigenvalue weighted by atomic mass is 10.1. The molecule has 22 heavy (non-hydrogen) atoms. The van der Waals surface area contributed by atoms with Gasteiger partial charge in [0.15, 0.2) is 5.78 Å². The highest BCUT2D eigenvalue weighted by Crippen LogP contribution is 2.18. The Morgan fingerprint density at radius 3 is 2.32 bits per heavy atom. The van der Waals surface area contributed by atoms with Crippen molar-refractivity contribution < 1.29 is 4.79 Å². The van der Waals surface area contributed by atoms with E-state index in [1.165, 1.54) is 0 Å². The molecule has 3 nitrogen and oxygen atoms in total. The maximum absolute atomic E-state index is 12.4. The summed E-state index contributed by atoms with van der Waals surface area (Å²) < 4.78 is 1.70. The Labute approximate surface area is 143 Å². The predicted molar refractivity (Wildman–Crippen MR) is 96.2 cm³/mol. The van der Waals surface area contributed by atoms with Gasteiger partial charge in [0, 0.05) is 17.3 Å². The highest BCUT2D eigenvalue weighted by atomic mass is 127. The van der Waals surface area contributed by atoms with Gasteiger partial charge in [-0.3, -0.25) is 9.48 Å². The summed E-state index contributed by atoms with van der Waals surface area (Å²) in [5, 5.41) is 4.56. The van der Waals surface area contributed by atoms with E-state index in [1.54, 1.807) is 0 Å². The number of ketones is 1. The molecule has 1 atom stereocenters. The zero-order valence-electron chi connectivity index (χ0n) is 11.9. The molecular formula is C18H15IN2O. The van der Waals surface area contributed by atoms with E-state index in [0.29, 0.717) is 6.54 Å². The van der Waals surface area contributed by atoms with Crippen molar-refractivity contribution in [2.24, 2.45) is 0 Å². The number of Topliss-reactive ketones (excluding diaryl/α,β-unsaturated/α-hetero) is 1. The quantitative estimate of drug-likeness (QED) is 0.364. The van der Waals surface area contributed by atoms with Gasteiger partial charge >= 0.3 is 0 Å². The highest BCUT2D eigenvalue weighted by molar-refractivity contribution is 14.1. The molecule has 0 saturated heterocycles. The van der Waals surface area contributed by atoms with Gasteiger partial charge in [-0.05, 0) is 6.07 Å². The molecule has 1 heterocycles.